The van der Waals surface area contributed by atoms with Crippen molar-refractivity contribution in [2.24, 2.45) is 0 Å². The Morgan fingerprint density at radius 3 is 2.96 bits per heavy atom. The van der Waals surface area contributed by atoms with Gasteiger partial charge in [-0.25, -0.2) is 4.98 Å². The summed E-state index contributed by atoms with van der Waals surface area (Å²) in [5.74, 6) is 1.17. The van der Waals surface area contributed by atoms with Gasteiger partial charge in [-0.1, -0.05) is 12.1 Å². The lowest BCUT2D eigenvalue weighted by molar-refractivity contribution is 0.0925. The van der Waals surface area contributed by atoms with E-state index in [4.69, 9.17) is 14.1 Å². The van der Waals surface area contributed by atoms with E-state index in [-0.39, 0.29) is 5.91 Å². The second-order valence-corrected chi connectivity index (χ2v) is 5.70. The monoisotopic (exact) mass is 341 g/mol. The Morgan fingerprint density at radius 2 is 2.16 bits per heavy atom. The minimum Gasteiger partial charge on any atom is -0.459 e. The van der Waals surface area contributed by atoms with Crippen molar-refractivity contribution in [3.8, 4) is 0 Å². The van der Waals surface area contributed by atoms with E-state index in [1.807, 2.05) is 25.1 Å². The number of hydrogen-bond acceptors (Lipinski definition) is 4. The van der Waals surface area contributed by atoms with Gasteiger partial charge in [0.2, 0.25) is 0 Å². The first kappa shape index (κ1) is 17.2. The van der Waals surface area contributed by atoms with Crippen molar-refractivity contribution in [3.63, 3.8) is 0 Å². The van der Waals surface area contributed by atoms with Gasteiger partial charge in [-0.05, 0) is 37.6 Å². The fourth-order valence-corrected chi connectivity index (χ4v) is 2.81. The summed E-state index contributed by atoms with van der Waals surface area (Å²) in [6.45, 7) is 4.73. The summed E-state index contributed by atoms with van der Waals surface area (Å²) < 4.78 is 12.8. The van der Waals surface area contributed by atoms with E-state index < -0.39 is 0 Å². The van der Waals surface area contributed by atoms with Gasteiger partial charge in [0.1, 0.15) is 5.82 Å². The molecule has 0 atom stereocenters. The lowest BCUT2D eigenvalue weighted by Crippen LogP contribution is -2.24. The number of amides is 1. The van der Waals surface area contributed by atoms with E-state index in [0.29, 0.717) is 25.5 Å². The van der Waals surface area contributed by atoms with Crippen molar-refractivity contribution < 1.29 is 13.9 Å². The van der Waals surface area contributed by atoms with E-state index >= 15 is 0 Å². The standard InChI is InChI=1S/C19H23N3O3/c1-2-24-14-12-22-16-8-4-3-7-15(16)21-18(22)10-5-11-20-19(23)17-9-6-13-25-17/h3-4,6-9,13H,2,5,10-12,14H2,1H3,(H,20,23). The first-order chi connectivity index (χ1) is 12.3. The topological polar surface area (TPSA) is 69.3 Å². The molecule has 0 aliphatic heterocycles. The Labute approximate surface area is 146 Å². The summed E-state index contributed by atoms with van der Waals surface area (Å²) in [4.78, 5) is 16.6. The van der Waals surface area contributed by atoms with E-state index in [9.17, 15) is 4.79 Å². The number of carbonyl (C=O) groups is 1. The van der Waals surface area contributed by atoms with Gasteiger partial charge in [0.25, 0.3) is 5.91 Å². The average molecular weight is 341 g/mol. The number of rotatable bonds is 9. The van der Waals surface area contributed by atoms with Crippen molar-refractivity contribution in [1.29, 1.82) is 0 Å². The fraction of sp³-hybridized carbons (Fsp3) is 0.368. The van der Waals surface area contributed by atoms with Crippen LogP contribution in [0.4, 0.5) is 0 Å². The Hall–Kier alpha value is -2.60. The van der Waals surface area contributed by atoms with Crippen molar-refractivity contribution in [2.75, 3.05) is 19.8 Å². The lowest BCUT2D eigenvalue weighted by atomic mass is 10.3. The second kappa shape index (κ2) is 8.48. The smallest absolute Gasteiger partial charge is 0.286 e. The first-order valence-corrected chi connectivity index (χ1v) is 8.63. The Balaban J connectivity index is 1.60. The Morgan fingerprint density at radius 1 is 1.28 bits per heavy atom. The highest BCUT2D eigenvalue weighted by Gasteiger charge is 2.11. The van der Waals surface area contributed by atoms with Gasteiger partial charge >= 0.3 is 0 Å². The number of carbonyl (C=O) groups excluding carboxylic acids is 1. The number of ether oxygens (including phenoxy) is 1. The van der Waals surface area contributed by atoms with Crippen molar-refractivity contribution >= 4 is 16.9 Å². The molecule has 1 amide bonds. The van der Waals surface area contributed by atoms with Crippen LogP contribution in [-0.2, 0) is 17.7 Å². The molecule has 1 N–H and O–H groups in total. The van der Waals surface area contributed by atoms with Crippen LogP contribution in [0.25, 0.3) is 11.0 Å². The number of fused-ring (bicyclic) bond motifs is 1. The van der Waals surface area contributed by atoms with E-state index in [0.717, 1.165) is 36.2 Å². The van der Waals surface area contributed by atoms with Crippen LogP contribution in [0, 0.1) is 0 Å². The lowest BCUT2D eigenvalue weighted by Gasteiger charge is -2.09. The molecular weight excluding hydrogens is 318 g/mol. The molecule has 0 unspecified atom stereocenters. The molecule has 1 aromatic carbocycles. The maximum Gasteiger partial charge on any atom is 0.286 e. The molecule has 0 saturated carbocycles. The molecule has 3 aromatic rings. The van der Waals surface area contributed by atoms with Crippen LogP contribution in [-0.4, -0.2) is 35.2 Å². The third kappa shape index (κ3) is 4.28. The minimum absolute atomic E-state index is 0.185. The quantitative estimate of drug-likeness (QED) is 0.607. The molecule has 3 rings (SSSR count). The fourth-order valence-electron chi connectivity index (χ4n) is 2.81. The molecule has 2 heterocycles. The number of furan rings is 1. The molecule has 0 radical (unpaired) electrons. The van der Waals surface area contributed by atoms with Gasteiger partial charge in [0.05, 0.1) is 23.9 Å². The van der Waals surface area contributed by atoms with Crippen molar-refractivity contribution in [3.05, 3.63) is 54.2 Å². The zero-order valence-electron chi connectivity index (χ0n) is 14.4. The highest BCUT2D eigenvalue weighted by Crippen LogP contribution is 2.17. The molecule has 0 saturated heterocycles. The second-order valence-electron chi connectivity index (χ2n) is 5.70. The maximum absolute atomic E-state index is 11.9. The van der Waals surface area contributed by atoms with Crippen LogP contribution in [0.5, 0.6) is 0 Å². The molecule has 0 spiro atoms. The molecule has 0 fully saturated rings. The first-order valence-electron chi connectivity index (χ1n) is 8.63. The van der Waals surface area contributed by atoms with Gasteiger partial charge in [-0.2, -0.15) is 0 Å². The maximum atomic E-state index is 11.9. The van der Waals surface area contributed by atoms with Gasteiger partial charge in [0.15, 0.2) is 5.76 Å². The molecule has 0 aliphatic rings. The Kier molecular flexibility index (Phi) is 5.85. The van der Waals surface area contributed by atoms with Gasteiger partial charge < -0.3 is 19.0 Å². The number of imidazole rings is 1. The normalized spacial score (nSPS) is 11.1. The molecule has 132 valence electrons. The number of aromatic nitrogens is 2. The van der Waals surface area contributed by atoms with E-state index in [2.05, 4.69) is 16.0 Å². The van der Waals surface area contributed by atoms with Crippen LogP contribution < -0.4 is 5.32 Å². The number of benzene rings is 1. The van der Waals surface area contributed by atoms with Crippen molar-refractivity contribution in [1.82, 2.24) is 14.9 Å². The highest BCUT2D eigenvalue weighted by atomic mass is 16.5. The summed E-state index contributed by atoms with van der Waals surface area (Å²) in [5.41, 5.74) is 2.12. The summed E-state index contributed by atoms with van der Waals surface area (Å²) >= 11 is 0. The molecular formula is C19H23N3O3. The summed E-state index contributed by atoms with van der Waals surface area (Å²) in [6.07, 6.45) is 3.10. The largest absolute Gasteiger partial charge is 0.459 e. The summed E-state index contributed by atoms with van der Waals surface area (Å²) in [5, 5.41) is 2.87. The molecule has 25 heavy (non-hydrogen) atoms. The van der Waals surface area contributed by atoms with Crippen LogP contribution in [0.3, 0.4) is 0 Å². The van der Waals surface area contributed by atoms with Gasteiger partial charge in [0, 0.05) is 26.1 Å². The Bertz CT molecular complexity index is 809. The zero-order chi connectivity index (χ0) is 17.5. The zero-order valence-corrected chi connectivity index (χ0v) is 14.4. The highest BCUT2D eigenvalue weighted by molar-refractivity contribution is 5.91. The predicted molar refractivity (Wildman–Crippen MR) is 95.6 cm³/mol. The molecule has 6 nitrogen and oxygen atoms in total. The van der Waals surface area contributed by atoms with Crippen LogP contribution in [0.1, 0.15) is 29.7 Å². The van der Waals surface area contributed by atoms with Crippen LogP contribution in [0.15, 0.2) is 47.1 Å². The number of nitrogens with zero attached hydrogens (tertiary/aromatic N) is 2. The SMILES string of the molecule is CCOCCn1c(CCCNC(=O)c2ccco2)nc2ccccc21. The average Bonchev–Trinajstić information content (AvgIpc) is 3.27. The molecule has 0 bridgehead atoms. The third-order valence-electron chi connectivity index (χ3n) is 4.00. The van der Waals surface area contributed by atoms with Crippen LogP contribution in [0.2, 0.25) is 0 Å². The minimum atomic E-state index is -0.185. The van der Waals surface area contributed by atoms with Gasteiger partial charge in [-0.15, -0.1) is 0 Å². The summed E-state index contributed by atoms with van der Waals surface area (Å²) in [7, 11) is 0. The number of hydrogen-bond donors (Lipinski definition) is 1. The molecule has 0 aliphatic carbocycles. The number of aryl methyl sites for hydroxylation is 1. The van der Waals surface area contributed by atoms with E-state index in [1.54, 1.807) is 12.1 Å². The molecule has 2 aromatic heterocycles. The summed E-state index contributed by atoms with van der Waals surface area (Å²) in [6, 6.07) is 11.5. The van der Waals surface area contributed by atoms with Gasteiger partial charge in [-0.3, -0.25) is 4.79 Å². The van der Waals surface area contributed by atoms with E-state index in [1.165, 1.54) is 6.26 Å². The molecule has 6 heteroatoms. The number of para-hydroxylation sites is 2. The third-order valence-corrected chi connectivity index (χ3v) is 4.00. The predicted octanol–water partition coefficient (Wildman–Crippen LogP) is 3.03. The number of nitrogens with one attached hydrogen (secondary N) is 1. The van der Waals surface area contributed by atoms with Crippen LogP contribution >= 0.6 is 0 Å². The van der Waals surface area contributed by atoms with Crippen molar-refractivity contribution in [2.45, 2.75) is 26.3 Å².